The van der Waals surface area contributed by atoms with E-state index >= 15 is 0 Å². The first-order chi connectivity index (χ1) is 14.0. The molecule has 0 aliphatic heterocycles. The standard InChI is InChI=1S/C23H23ClN4O/c1-5-28-21-12-18(24)15(2)10-19(21)26-23(28)9-7-17-6-8-20(22(11-17)29-4)27-13-16(3)25-14-27/h6-14H,5H2,1-4H3/b9-7+. The van der Waals surface area contributed by atoms with Gasteiger partial charge in [-0.1, -0.05) is 23.7 Å². The van der Waals surface area contributed by atoms with Gasteiger partial charge in [-0.25, -0.2) is 9.97 Å². The molecule has 0 saturated heterocycles. The second kappa shape index (κ2) is 7.76. The zero-order chi connectivity index (χ0) is 20.5. The SMILES string of the molecule is CCn1c(/C=C/c2ccc(-n3cnc(C)c3)c(OC)c2)nc2cc(C)c(Cl)cc21. The molecule has 0 spiro atoms. The lowest BCUT2D eigenvalue weighted by Gasteiger charge is -2.10. The molecule has 0 amide bonds. The summed E-state index contributed by atoms with van der Waals surface area (Å²) in [7, 11) is 1.68. The second-order valence-corrected chi connectivity index (χ2v) is 7.40. The van der Waals surface area contributed by atoms with Crippen LogP contribution in [0.3, 0.4) is 0 Å². The fraction of sp³-hybridized carbons (Fsp3) is 0.217. The predicted octanol–water partition coefficient (Wildman–Crippen LogP) is 5.69. The average Bonchev–Trinajstić information content (AvgIpc) is 3.29. The van der Waals surface area contributed by atoms with Gasteiger partial charge in [0.2, 0.25) is 0 Å². The number of nitrogens with zero attached hydrogens (tertiary/aromatic N) is 4. The van der Waals surface area contributed by atoms with Crippen molar-refractivity contribution in [2.24, 2.45) is 0 Å². The van der Waals surface area contributed by atoms with Crippen LogP contribution in [0.25, 0.3) is 28.9 Å². The third-order valence-corrected chi connectivity index (χ3v) is 5.40. The van der Waals surface area contributed by atoms with E-state index in [-0.39, 0.29) is 0 Å². The van der Waals surface area contributed by atoms with Gasteiger partial charge in [-0.2, -0.15) is 0 Å². The molecule has 5 nitrogen and oxygen atoms in total. The predicted molar refractivity (Wildman–Crippen MR) is 119 cm³/mol. The van der Waals surface area contributed by atoms with Gasteiger partial charge in [-0.3, -0.25) is 0 Å². The van der Waals surface area contributed by atoms with Crippen LogP contribution in [0.1, 0.15) is 29.6 Å². The summed E-state index contributed by atoms with van der Waals surface area (Å²) in [5, 5.41) is 0.762. The second-order valence-electron chi connectivity index (χ2n) is 6.99. The maximum atomic E-state index is 6.32. The number of ether oxygens (including phenoxy) is 1. The lowest BCUT2D eigenvalue weighted by molar-refractivity contribution is 0.413. The van der Waals surface area contributed by atoms with E-state index in [0.29, 0.717) is 0 Å². The van der Waals surface area contributed by atoms with E-state index in [1.54, 1.807) is 13.4 Å². The van der Waals surface area contributed by atoms with Gasteiger partial charge < -0.3 is 13.9 Å². The van der Waals surface area contributed by atoms with Crippen molar-refractivity contribution in [3.63, 3.8) is 0 Å². The Balaban J connectivity index is 1.70. The molecule has 0 N–H and O–H groups in total. The molecule has 0 atom stereocenters. The van der Waals surface area contributed by atoms with E-state index in [1.807, 2.05) is 61.0 Å². The van der Waals surface area contributed by atoms with E-state index in [4.69, 9.17) is 21.3 Å². The number of methoxy groups -OCH3 is 1. The maximum absolute atomic E-state index is 6.32. The molecule has 29 heavy (non-hydrogen) atoms. The minimum Gasteiger partial charge on any atom is -0.495 e. The highest BCUT2D eigenvalue weighted by atomic mass is 35.5. The molecule has 4 aromatic rings. The summed E-state index contributed by atoms with van der Waals surface area (Å²) < 4.78 is 9.73. The Kier molecular flexibility index (Phi) is 5.16. The van der Waals surface area contributed by atoms with E-state index in [9.17, 15) is 0 Å². The fourth-order valence-electron chi connectivity index (χ4n) is 3.46. The molecule has 0 fully saturated rings. The van der Waals surface area contributed by atoms with E-state index in [1.165, 1.54) is 0 Å². The molecule has 0 aliphatic rings. The zero-order valence-electron chi connectivity index (χ0n) is 17.0. The lowest BCUT2D eigenvalue weighted by atomic mass is 10.1. The molecule has 4 rings (SSSR count). The molecule has 0 radical (unpaired) electrons. The van der Waals surface area contributed by atoms with Crippen molar-refractivity contribution < 1.29 is 4.74 Å². The average molecular weight is 407 g/mol. The molecule has 0 aliphatic carbocycles. The molecular weight excluding hydrogens is 384 g/mol. The molecule has 2 heterocycles. The summed E-state index contributed by atoms with van der Waals surface area (Å²) in [4.78, 5) is 9.08. The van der Waals surface area contributed by atoms with Crippen LogP contribution >= 0.6 is 11.6 Å². The van der Waals surface area contributed by atoms with Crippen LogP contribution in [0.2, 0.25) is 5.02 Å². The van der Waals surface area contributed by atoms with E-state index in [0.717, 1.165) is 56.7 Å². The summed E-state index contributed by atoms with van der Waals surface area (Å²) >= 11 is 6.32. The summed E-state index contributed by atoms with van der Waals surface area (Å²) in [6.07, 6.45) is 7.85. The van der Waals surface area contributed by atoms with Gasteiger partial charge in [0.1, 0.15) is 11.6 Å². The summed E-state index contributed by atoms with van der Waals surface area (Å²) in [5.74, 6) is 1.69. The Bertz CT molecular complexity index is 1220. The third-order valence-electron chi connectivity index (χ3n) is 4.99. The van der Waals surface area contributed by atoms with E-state index < -0.39 is 0 Å². The van der Waals surface area contributed by atoms with Crippen molar-refractivity contribution in [1.82, 2.24) is 19.1 Å². The van der Waals surface area contributed by atoms with Crippen LogP contribution in [0, 0.1) is 13.8 Å². The van der Waals surface area contributed by atoms with Crippen LogP contribution in [0.5, 0.6) is 5.75 Å². The highest BCUT2D eigenvalue weighted by Crippen LogP contribution is 2.27. The number of benzene rings is 2. The highest BCUT2D eigenvalue weighted by Gasteiger charge is 2.10. The van der Waals surface area contributed by atoms with Gasteiger partial charge >= 0.3 is 0 Å². The van der Waals surface area contributed by atoms with Gasteiger partial charge in [0.25, 0.3) is 0 Å². The summed E-state index contributed by atoms with van der Waals surface area (Å²) in [5.41, 5.74) is 5.99. The van der Waals surface area contributed by atoms with Crippen LogP contribution < -0.4 is 4.74 Å². The number of imidazole rings is 2. The number of aromatic nitrogens is 4. The number of hydrogen-bond donors (Lipinski definition) is 0. The van der Waals surface area contributed by atoms with Crippen molar-refractivity contribution >= 4 is 34.8 Å². The number of halogens is 1. The van der Waals surface area contributed by atoms with Gasteiger partial charge in [-0.05, 0) is 62.2 Å². The summed E-state index contributed by atoms with van der Waals surface area (Å²) in [6.45, 7) is 6.89. The summed E-state index contributed by atoms with van der Waals surface area (Å²) in [6, 6.07) is 10.1. The number of aryl methyl sites for hydroxylation is 3. The van der Waals surface area contributed by atoms with Crippen LogP contribution in [0.4, 0.5) is 0 Å². The molecule has 2 aromatic heterocycles. The smallest absolute Gasteiger partial charge is 0.143 e. The quantitative estimate of drug-likeness (QED) is 0.427. The molecule has 0 saturated carbocycles. The van der Waals surface area contributed by atoms with Crippen LogP contribution in [-0.2, 0) is 6.54 Å². The van der Waals surface area contributed by atoms with E-state index in [2.05, 4.69) is 22.5 Å². The van der Waals surface area contributed by atoms with Crippen molar-refractivity contribution in [3.05, 3.63) is 70.5 Å². The van der Waals surface area contributed by atoms with Crippen molar-refractivity contribution in [2.75, 3.05) is 7.11 Å². The van der Waals surface area contributed by atoms with Gasteiger partial charge in [0.15, 0.2) is 0 Å². The van der Waals surface area contributed by atoms with Crippen molar-refractivity contribution in [1.29, 1.82) is 0 Å². The Morgan fingerprint density at radius 3 is 2.66 bits per heavy atom. The maximum Gasteiger partial charge on any atom is 0.143 e. The Morgan fingerprint density at radius 1 is 1.14 bits per heavy atom. The first kappa shape index (κ1) is 19.3. The molecule has 2 aromatic carbocycles. The molecule has 0 bridgehead atoms. The van der Waals surface area contributed by atoms with Gasteiger partial charge in [0.05, 0.1) is 35.9 Å². The Labute approximate surface area is 175 Å². The third kappa shape index (κ3) is 3.66. The monoisotopic (exact) mass is 406 g/mol. The van der Waals surface area contributed by atoms with Gasteiger partial charge in [0, 0.05) is 17.8 Å². The number of fused-ring (bicyclic) bond motifs is 1. The highest BCUT2D eigenvalue weighted by molar-refractivity contribution is 6.32. The van der Waals surface area contributed by atoms with Gasteiger partial charge in [-0.15, -0.1) is 0 Å². The lowest BCUT2D eigenvalue weighted by Crippen LogP contribution is -1.97. The van der Waals surface area contributed by atoms with Crippen molar-refractivity contribution in [2.45, 2.75) is 27.3 Å². The zero-order valence-corrected chi connectivity index (χ0v) is 17.7. The molecular formula is C23H23ClN4O. The topological polar surface area (TPSA) is 44.9 Å². The molecule has 148 valence electrons. The number of hydrogen-bond acceptors (Lipinski definition) is 3. The normalized spacial score (nSPS) is 11.6. The van der Waals surface area contributed by atoms with Crippen LogP contribution in [-0.4, -0.2) is 26.2 Å². The minimum absolute atomic E-state index is 0.762. The van der Waals surface area contributed by atoms with Crippen LogP contribution in [0.15, 0.2) is 42.9 Å². The molecule has 0 unspecified atom stereocenters. The Hall–Kier alpha value is -3.05. The fourth-order valence-corrected chi connectivity index (χ4v) is 3.62. The molecule has 6 heteroatoms. The number of rotatable bonds is 5. The largest absolute Gasteiger partial charge is 0.495 e. The first-order valence-corrected chi connectivity index (χ1v) is 9.91. The minimum atomic E-state index is 0.762. The van der Waals surface area contributed by atoms with Crippen molar-refractivity contribution in [3.8, 4) is 11.4 Å². The Morgan fingerprint density at radius 2 is 1.97 bits per heavy atom. The first-order valence-electron chi connectivity index (χ1n) is 9.53.